The minimum atomic E-state index is -0.267. The molecule has 3 aromatic rings. The molecule has 0 aliphatic heterocycles. The van der Waals surface area contributed by atoms with Crippen molar-refractivity contribution in [2.24, 2.45) is 0 Å². The van der Waals surface area contributed by atoms with Crippen LogP contribution < -0.4 is 5.32 Å². The van der Waals surface area contributed by atoms with Gasteiger partial charge in [-0.15, -0.1) is 0 Å². The molecule has 19 heavy (non-hydrogen) atoms. The van der Waals surface area contributed by atoms with Gasteiger partial charge in [-0.2, -0.15) is 0 Å². The van der Waals surface area contributed by atoms with Crippen LogP contribution in [0.2, 0.25) is 0 Å². The van der Waals surface area contributed by atoms with E-state index >= 15 is 0 Å². The van der Waals surface area contributed by atoms with E-state index in [1.165, 1.54) is 18.6 Å². The van der Waals surface area contributed by atoms with Crippen LogP contribution in [0, 0.1) is 0 Å². The zero-order chi connectivity index (χ0) is 13.1. The molecule has 1 N–H and O–H groups in total. The van der Waals surface area contributed by atoms with Crippen molar-refractivity contribution in [3.8, 4) is 0 Å². The monoisotopic (exact) mass is 254 g/mol. The molecule has 94 valence electrons. The quantitative estimate of drug-likeness (QED) is 0.733. The van der Waals surface area contributed by atoms with Gasteiger partial charge in [0.05, 0.1) is 30.8 Å². The van der Waals surface area contributed by atoms with Gasteiger partial charge in [-0.25, -0.2) is 9.97 Å². The zero-order valence-corrected chi connectivity index (χ0v) is 9.89. The van der Waals surface area contributed by atoms with E-state index in [4.69, 9.17) is 0 Å². The third-order valence-corrected chi connectivity index (χ3v) is 2.62. The highest BCUT2D eigenvalue weighted by Gasteiger charge is 2.08. The van der Waals surface area contributed by atoms with Gasteiger partial charge in [-0.3, -0.25) is 19.2 Å². The summed E-state index contributed by atoms with van der Waals surface area (Å²) in [4.78, 5) is 27.8. The second-order valence-corrected chi connectivity index (χ2v) is 3.83. The van der Waals surface area contributed by atoms with Crippen LogP contribution in [0.4, 0.5) is 0 Å². The van der Waals surface area contributed by atoms with Gasteiger partial charge < -0.3 is 5.32 Å². The molecule has 3 rings (SSSR count). The molecule has 1 amide bonds. The summed E-state index contributed by atoms with van der Waals surface area (Å²) in [6.07, 6.45) is 11.3. The number of rotatable bonds is 3. The molecular formula is C12H10N6O. The van der Waals surface area contributed by atoms with Crippen LogP contribution in [0.15, 0.2) is 43.4 Å². The lowest BCUT2D eigenvalue weighted by atomic mass is 10.4. The smallest absolute Gasteiger partial charge is 0.271 e. The second-order valence-electron chi connectivity index (χ2n) is 3.83. The number of imidazole rings is 1. The predicted molar refractivity (Wildman–Crippen MR) is 66.2 cm³/mol. The molecule has 0 atom stereocenters. The summed E-state index contributed by atoms with van der Waals surface area (Å²) >= 11 is 0. The first-order valence-electron chi connectivity index (χ1n) is 5.65. The Morgan fingerprint density at radius 2 is 2.00 bits per heavy atom. The van der Waals surface area contributed by atoms with Gasteiger partial charge in [-0.1, -0.05) is 0 Å². The van der Waals surface area contributed by atoms with Crippen LogP contribution in [-0.2, 0) is 6.54 Å². The van der Waals surface area contributed by atoms with Crippen LogP contribution in [-0.4, -0.2) is 30.2 Å². The second kappa shape index (κ2) is 4.81. The number of hydrogen-bond acceptors (Lipinski definition) is 5. The minimum absolute atomic E-state index is 0.267. The number of fused-ring (bicyclic) bond motifs is 1. The van der Waals surface area contributed by atoms with E-state index in [0.717, 1.165) is 11.3 Å². The van der Waals surface area contributed by atoms with Crippen LogP contribution in [0.3, 0.4) is 0 Å². The first-order valence-corrected chi connectivity index (χ1v) is 5.65. The molecule has 0 fully saturated rings. The lowest BCUT2D eigenvalue weighted by Crippen LogP contribution is -2.24. The van der Waals surface area contributed by atoms with Crippen LogP contribution in [0.1, 0.15) is 16.2 Å². The van der Waals surface area contributed by atoms with Crippen molar-refractivity contribution in [3.05, 3.63) is 54.8 Å². The van der Waals surface area contributed by atoms with Crippen LogP contribution >= 0.6 is 0 Å². The molecule has 0 aliphatic rings. The topological polar surface area (TPSA) is 85.1 Å². The zero-order valence-electron chi connectivity index (χ0n) is 9.89. The summed E-state index contributed by atoms with van der Waals surface area (Å²) in [5.41, 5.74) is 1.90. The maximum atomic E-state index is 11.8. The molecule has 0 spiro atoms. The van der Waals surface area contributed by atoms with E-state index in [1.807, 2.05) is 4.40 Å². The van der Waals surface area contributed by atoms with Crippen LogP contribution in [0.25, 0.3) is 5.65 Å². The maximum absolute atomic E-state index is 11.8. The number of nitrogens with zero attached hydrogens (tertiary/aromatic N) is 5. The third-order valence-electron chi connectivity index (χ3n) is 2.62. The fraction of sp³-hybridized carbons (Fsp3) is 0.0833. The number of aromatic nitrogens is 5. The summed E-state index contributed by atoms with van der Waals surface area (Å²) in [6.45, 7) is 0.362. The van der Waals surface area contributed by atoms with Crippen molar-refractivity contribution >= 4 is 11.6 Å². The molecule has 0 aromatic carbocycles. The van der Waals surface area contributed by atoms with Crippen molar-refractivity contribution in [2.45, 2.75) is 6.54 Å². The Bertz CT molecular complexity index is 708. The molecule has 0 radical (unpaired) electrons. The first kappa shape index (κ1) is 11.3. The molecular weight excluding hydrogens is 244 g/mol. The van der Waals surface area contributed by atoms with Crippen molar-refractivity contribution in [3.63, 3.8) is 0 Å². The van der Waals surface area contributed by atoms with E-state index < -0.39 is 0 Å². The van der Waals surface area contributed by atoms with Crippen molar-refractivity contribution < 1.29 is 4.79 Å². The third kappa shape index (κ3) is 2.25. The molecule has 0 saturated heterocycles. The number of nitrogens with one attached hydrogen (secondary N) is 1. The Hall–Kier alpha value is -2.83. The fourth-order valence-corrected chi connectivity index (χ4v) is 1.70. The normalized spacial score (nSPS) is 10.5. The van der Waals surface area contributed by atoms with Gasteiger partial charge in [0.15, 0.2) is 5.65 Å². The molecule has 3 aromatic heterocycles. The molecule has 0 unspecified atom stereocenters. The molecule has 0 aliphatic carbocycles. The number of hydrogen-bond donors (Lipinski definition) is 1. The Labute approximate surface area is 108 Å². The SMILES string of the molecule is O=C(NCc1cnc2cnccn12)c1cnccn1. The van der Waals surface area contributed by atoms with Gasteiger partial charge >= 0.3 is 0 Å². The van der Waals surface area contributed by atoms with Gasteiger partial charge in [-0.05, 0) is 0 Å². The summed E-state index contributed by atoms with van der Waals surface area (Å²) in [6, 6.07) is 0. The summed E-state index contributed by atoms with van der Waals surface area (Å²) in [5.74, 6) is -0.267. The average molecular weight is 254 g/mol. The molecule has 0 saturated carbocycles. The lowest BCUT2D eigenvalue weighted by Gasteiger charge is -2.04. The first-order chi connectivity index (χ1) is 9.34. The number of amides is 1. The van der Waals surface area contributed by atoms with Crippen molar-refractivity contribution in [1.82, 2.24) is 29.7 Å². The standard InChI is InChI=1S/C12H10N6O/c19-12(10-7-13-1-2-15-10)17-6-9-5-16-11-8-14-3-4-18(9)11/h1-5,7-8H,6H2,(H,17,19). The van der Waals surface area contributed by atoms with E-state index in [2.05, 4.69) is 25.3 Å². The van der Waals surface area contributed by atoms with Crippen molar-refractivity contribution in [2.75, 3.05) is 0 Å². The Morgan fingerprint density at radius 1 is 1.11 bits per heavy atom. The van der Waals surface area contributed by atoms with Gasteiger partial charge in [0.25, 0.3) is 5.91 Å². The Kier molecular flexibility index (Phi) is 2.85. The number of carbonyl (C=O) groups excluding carboxylic acids is 1. The largest absolute Gasteiger partial charge is 0.345 e. The minimum Gasteiger partial charge on any atom is -0.345 e. The molecule has 7 nitrogen and oxygen atoms in total. The van der Waals surface area contributed by atoms with Crippen LogP contribution in [0.5, 0.6) is 0 Å². The van der Waals surface area contributed by atoms with Gasteiger partial charge in [0.2, 0.25) is 0 Å². The molecule has 3 heterocycles. The lowest BCUT2D eigenvalue weighted by molar-refractivity contribution is 0.0945. The van der Waals surface area contributed by atoms with E-state index in [-0.39, 0.29) is 11.6 Å². The Balaban J connectivity index is 1.75. The Morgan fingerprint density at radius 3 is 2.84 bits per heavy atom. The highest BCUT2D eigenvalue weighted by molar-refractivity contribution is 5.91. The number of carbonyl (C=O) groups is 1. The highest BCUT2D eigenvalue weighted by Crippen LogP contribution is 2.04. The predicted octanol–water partition coefficient (Wildman–Crippen LogP) is 0.449. The average Bonchev–Trinajstić information content (AvgIpc) is 2.89. The maximum Gasteiger partial charge on any atom is 0.271 e. The summed E-state index contributed by atoms with van der Waals surface area (Å²) in [7, 11) is 0. The molecule has 7 heteroatoms. The van der Waals surface area contributed by atoms with E-state index in [0.29, 0.717) is 6.54 Å². The summed E-state index contributed by atoms with van der Waals surface area (Å²) < 4.78 is 1.87. The molecule has 0 bridgehead atoms. The van der Waals surface area contributed by atoms with Crippen molar-refractivity contribution in [1.29, 1.82) is 0 Å². The fourth-order valence-electron chi connectivity index (χ4n) is 1.70. The van der Waals surface area contributed by atoms with Gasteiger partial charge in [0.1, 0.15) is 5.69 Å². The van der Waals surface area contributed by atoms with E-state index in [9.17, 15) is 4.79 Å². The van der Waals surface area contributed by atoms with Gasteiger partial charge in [0, 0.05) is 24.8 Å². The highest BCUT2D eigenvalue weighted by atomic mass is 16.1. The summed E-state index contributed by atoms with van der Waals surface area (Å²) in [5, 5.41) is 2.77. The van der Waals surface area contributed by atoms with E-state index in [1.54, 1.807) is 24.8 Å².